The van der Waals surface area contributed by atoms with Crippen LogP contribution in [0.25, 0.3) is 10.9 Å². The molecule has 1 amide bonds. The number of benzene rings is 2. The van der Waals surface area contributed by atoms with Crippen LogP contribution in [-0.2, 0) is 4.74 Å². The van der Waals surface area contributed by atoms with Crippen molar-refractivity contribution in [1.82, 2.24) is 15.2 Å². The van der Waals surface area contributed by atoms with E-state index in [-0.39, 0.29) is 6.79 Å². The molecule has 1 fully saturated rings. The topological polar surface area (TPSA) is 76.2 Å². The molecule has 234 valence electrons. The summed E-state index contributed by atoms with van der Waals surface area (Å²) in [5.41, 5.74) is 1.78. The van der Waals surface area contributed by atoms with E-state index in [1.807, 2.05) is 42.5 Å². The minimum Gasteiger partial charge on any atom is -0.494 e. The molecule has 43 heavy (non-hydrogen) atoms. The maximum absolute atomic E-state index is 11.9. The van der Waals surface area contributed by atoms with Gasteiger partial charge in [0.15, 0.2) is 0 Å². The zero-order valence-corrected chi connectivity index (χ0v) is 26.7. The van der Waals surface area contributed by atoms with Gasteiger partial charge in [0, 0.05) is 50.2 Å². The molecule has 0 aliphatic carbocycles. The molecule has 0 spiro atoms. The summed E-state index contributed by atoms with van der Waals surface area (Å²) in [6.45, 7) is 8.17. The number of fused-ring (bicyclic) bond motifs is 1. The maximum atomic E-state index is 11.9. The number of carbonyl (C=O) groups is 1. The SMILES string of the molecule is CCCCCCCCNC(=O)OCOc1ccc2ccc(OCCCCN3CCN(c4cccc(Cl)c4Cl)CC3)cc2n1. The monoisotopic (exact) mass is 630 g/mol. The van der Waals surface area contributed by atoms with Crippen molar-refractivity contribution < 1.29 is 19.0 Å². The molecule has 3 aromatic rings. The molecule has 8 nitrogen and oxygen atoms in total. The normalized spacial score (nSPS) is 13.7. The molecular weight excluding hydrogens is 587 g/mol. The second-order valence-electron chi connectivity index (χ2n) is 10.8. The number of unbranched alkanes of at least 4 members (excludes halogenated alkanes) is 6. The van der Waals surface area contributed by atoms with Gasteiger partial charge in [0.1, 0.15) is 5.75 Å². The predicted octanol–water partition coefficient (Wildman–Crippen LogP) is 7.95. The number of halogens is 2. The molecule has 4 rings (SSSR count). The molecule has 0 radical (unpaired) electrons. The lowest BCUT2D eigenvalue weighted by atomic mass is 10.1. The van der Waals surface area contributed by atoms with Crippen LogP contribution in [0.4, 0.5) is 10.5 Å². The number of alkyl carbamates (subject to hydrolysis) is 1. The van der Waals surface area contributed by atoms with Gasteiger partial charge in [-0.05, 0) is 56.1 Å². The van der Waals surface area contributed by atoms with Crippen molar-refractivity contribution in [1.29, 1.82) is 0 Å². The van der Waals surface area contributed by atoms with Crippen LogP contribution < -0.4 is 19.7 Å². The largest absolute Gasteiger partial charge is 0.494 e. The van der Waals surface area contributed by atoms with Crippen LogP contribution in [0.5, 0.6) is 11.6 Å². The van der Waals surface area contributed by atoms with Crippen molar-refractivity contribution in [3.05, 3.63) is 58.6 Å². The van der Waals surface area contributed by atoms with Gasteiger partial charge in [-0.15, -0.1) is 0 Å². The van der Waals surface area contributed by atoms with Gasteiger partial charge < -0.3 is 24.4 Å². The van der Waals surface area contributed by atoms with Crippen LogP contribution in [0, 0.1) is 0 Å². The Balaban J connectivity index is 1.10. The summed E-state index contributed by atoms with van der Waals surface area (Å²) in [4.78, 5) is 21.2. The number of hydrogen-bond donors (Lipinski definition) is 1. The van der Waals surface area contributed by atoms with E-state index >= 15 is 0 Å². The standard InChI is InChI=1S/C33H44Cl2N4O4/c1-2-3-4-5-6-7-17-36-33(40)43-25-42-31-16-14-26-13-15-27(24-29(26)37-31)41-23-9-8-18-38-19-21-39(22-20-38)30-12-10-11-28(34)32(30)35/h10-16,24H,2-9,17-23,25H2,1H3,(H,36,40). The van der Waals surface area contributed by atoms with Gasteiger partial charge in [-0.1, -0.05) is 68.3 Å². The molecule has 1 aromatic heterocycles. The van der Waals surface area contributed by atoms with E-state index in [9.17, 15) is 4.79 Å². The Hall–Kier alpha value is -2.94. The average molecular weight is 632 g/mol. The average Bonchev–Trinajstić information content (AvgIpc) is 3.02. The van der Waals surface area contributed by atoms with Crippen LogP contribution in [0.1, 0.15) is 58.3 Å². The van der Waals surface area contributed by atoms with E-state index < -0.39 is 6.09 Å². The molecule has 0 bridgehead atoms. The molecule has 1 aliphatic rings. The second-order valence-corrected chi connectivity index (χ2v) is 11.6. The maximum Gasteiger partial charge on any atom is 0.410 e. The molecule has 1 N–H and O–H groups in total. The smallest absolute Gasteiger partial charge is 0.410 e. The number of carbonyl (C=O) groups excluding carboxylic acids is 1. The van der Waals surface area contributed by atoms with Crippen LogP contribution in [0.15, 0.2) is 48.5 Å². The number of anilines is 1. The highest BCUT2D eigenvalue weighted by atomic mass is 35.5. The third-order valence-electron chi connectivity index (χ3n) is 7.62. The quantitative estimate of drug-likeness (QED) is 0.120. The first-order chi connectivity index (χ1) is 21.0. The summed E-state index contributed by atoms with van der Waals surface area (Å²) in [5, 5.41) is 4.98. The van der Waals surface area contributed by atoms with Crippen molar-refractivity contribution in [2.45, 2.75) is 58.3 Å². The van der Waals surface area contributed by atoms with E-state index in [0.29, 0.717) is 29.1 Å². The number of pyridine rings is 1. The highest BCUT2D eigenvalue weighted by Crippen LogP contribution is 2.33. The first-order valence-corrected chi connectivity index (χ1v) is 16.3. The van der Waals surface area contributed by atoms with Gasteiger partial charge in [0.05, 0.1) is 27.9 Å². The molecule has 1 saturated heterocycles. The zero-order chi connectivity index (χ0) is 30.3. The summed E-state index contributed by atoms with van der Waals surface area (Å²) < 4.78 is 16.7. The summed E-state index contributed by atoms with van der Waals surface area (Å²) in [5.74, 6) is 1.17. The van der Waals surface area contributed by atoms with Crippen molar-refractivity contribution in [2.24, 2.45) is 0 Å². The van der Waals surface area contributed by atoms with Gasteiger partial charge in [-0.2, -0.15) is 0 Å². The van der Waals surface area contributed by atoms with Crippen molar-refractivity contribution in [3.63, 3.8) is 0 Å². The van der Waals surface area contributed by atoms with Crippen molar-refractivity contribution in [2.75, 3.05) is 57.6 Å². The first-order valence-electron chi connectivity index (χ1n) is 15.5. The summed E-state index contributed by atoms with van der Waals surface area (Å²) in [6.07, 6.45) is 8.58. The number of aromatic nitrogens is 1. The van der Waals surface area contributed by atoms with E-state index in [1.165, 1.54) is 25.7 Å². The molecule has 10 heteroatoms. The van der Waals surface area contributed by atoms with E-state index in [0.717, 1.165) is 80.7 Å². The zero-order valence-electron chi connectivity index (χ0n) is 25.2. The number of hydrogen-bond acceptors (Lipinski definition) is 7. The van der Waals surface area contributed by atoms with E-state index in [4.69, 9.17) is 37.4 Å². The molecular formula is C33H44Cl2N4O4. The van der Waals surface area contributed by atoms with Crippen LogP contribution in [-0.4, -0.2) is 68.6 Å². The number of rotatable bonds is 17. The Morgan fingerprint density at radius 2 is 1.70 bits per heavy atom. The second kappa shape index (κ2) is 18.0. The fourth-order valence-electron chi connectivity index (χ4n) is 5.12. The van der Waals surface area contributed by atoms with E-state index in [1.54, 1.807) is 6.07 Å². The molecule has 0 saturated carbocycles. The molecule has 0 atom stereocenters. The van der Waals surface area contributed by atoms with Gasteiger partial charge in [-0.25, -0.2) is 9.78 Å². The Labute approximate surface area is 265 Å². The lowest BCUT2D eigenvalue weighted by Crippen LogP contribution is -2.46. The lowest BCUT2D eigenvalue weighted by molar-refractivity contribution is 0.0570. The minimum absolute atomic E-state index is 0.194. The fraction of sp³-hybridized carbons (Fsp3) is 0.515. The number of piperazine rings is 1. The number of ether oxygens (including phenoxy) is 3. The van der Waals surface area contributed by atoms with Crippen LogP contribution in [0.3, 0.4) is 0 Å². The van der Waals surface area contributed by atoms with Gasteiger partial charge in [-0.3, -0.25) is 4.90 Å². The Morgan fingerprint density at radius 3 is 2.53 bits per heavy atom. The summed E-state index contributed by atoms with van der Waals surface area (Å²) in [6, 6.07) is 15.4. The summed E-state index contributed by atoms with van der Waals surface area (Å²) >= 11 is 12.6. The van der Waals surface area contributed by atoms with E-state index in [2.05, 4.69) is 27.0 Å². The molecule has 0 unspecified atom stereocenters. The third-order valence-corrected chi connectivity index (χ3v) is 8.43. The number of nitrogens with zero attached hydrogens (tertiary/aromatic N) is 3. The summed E-state index contributed by atoms with van der Waals surface area (Å²) in [7, 11) is 0. The van der Waals surface area contributed by atoms with Gasteiger partial charge in [0.2, 0.25) is 12.7 Å². The molecule has 2 aromatic carbocycles. The number of amides is 1. The Kier molecular flexibility index (Phi) is 13.8. The highest BCUT2D eigenvalue weighted by Gasteiger charge is 2.19. The van der Waals surface area contributed by atoms with Crippen LogP contribution in [0.2, 0.25) is 10.0 Å². The fourth-order valence-corrected chi connectivity index (χ4v) is 5.53. The van der Waals surface area contributed by atoms with Crippen molar-refractivity contribution in [3.8, 4) is 11.6 Å². The Bertz CT molecular complexity index is 1290. The highest BCUT2D eigenvalue weighted by molar-refractivity contribution is 6.43. The molecule has 1 aliphatic heterocycles. The minimum atomic E-state index is -0.477. The molecule has 2 heterocycles. The van der Waals surface area contributed by atoms with Crippen molar-refractivity contribution >= 4 is 45.9 Å². The predicted molar refractivity (Wildman–Crippen MR) is 175 cm³/mol. The third kappa shape index (κ3) is 10.9. The number of nitrogens with one attached hydrogen (secondary N) is 1. The first kappa shape index (κ1) is 33.0. The van der Waals surface area contributed by atoms with Gasteiger partial charge >= 0.3 is 6.09 Å². The van der Waals surface area contributed by atoms with Crippen LogP contribution >= 0.6 is 23.2 Å². The Morgan fingerprint density at radius 1 is 0.907 bits per heavy atom. The van der Waals surface area contributed by atoms with Gasteiger partial charge in [0.25, 0.3) is 0 Å². The lowest BCUT2D eigenvalue weighted by Gasteiger charge is -2.36.